The fourth-order valence-corrected chi connectivity index (χ4v) is 4.29. The van der Waals surface area contributed by atoms with Gasteiger partial charge in [-0.2, -0.15) is 0 Å². The third-order valence-corrected chi connectivity index (χ3v) is 5.70. The van der Waals surface area contributed by atoms with E-state index in [1.165, 1.54) is 5.56 Å². The van der Waals surface area contributed by atoms with Crippen LogP contribution in [0.15, 0.2) is 35.3 Å². The zero-order valence-corrected chi connectivity index (χ0v) is 17.6. The molecule has 0 saturated carbocycles. The number of fused-ring (bicyclic) bond motifs is 1. The average molecular weight is 387 g/mol. The van der Waals surface area contributed by atoms with Crippen LogP contribution in [0.5, 0.6) is 0 Å². The van der Waals surface area contributed by atoms with Gasteiger partial charge in [-0.3, -0.25) is 4.99 Å². The Labute approximate surface area is 167 Å². The molecule has 4 heteroatoms. The van der Waals surface area contributed by atoms with Crippen molar-refractivity contribution < 1.29 is 4.39 Å². The highest BCUT2D eigenvalue weighted by molar-refractivity contribution is 6.30. The van der Waals surface area contributed by atoms with Crippen LogP contribution in [-0.2, 0) is 0 Å². The highest BCUT2D eigenvalue weighted by Crippen LogP contribution is 2.44. The lowest BCUT2D eigenvalue weighted by atomic mass is 9.79. The summed E-state index contributed by atoms with van der Waals surface area (Å²) in [4.78, 5) is 6.85. The molecule has 0 radical (unpaired) electrons. The molecule has 2 aromatic carbocycles. The lowest BCUT2D eigenvalue weighted by Crippen LogP contribution is -2.48. The number of aryl methyl sites for hydroxylation is 1. The monoisotopic (exact) mass is 386 g/mol. The topological polar surface area (TPSA) is 15.6 Å². The van der Waals surface area contributed by atoms with Crippen LogP contribution >= 0.6 is 11.6 Å². The summed E-state index contributed by atoms with van der Waals surface area (Å²) in [5.41, 5.74) is 4.56. The first kappa shape index (κ1) is 19.9. The first-order valence-electron chi connectivity index (χ1n) is 9.64. The van der Waals surface area contributed by atoms with Crippen molar-refractivity contribution >= 4 is 29.2 Å². The third-order valence-electron chi connectivity index (χ3n) is 5.47. The molecule has 0 bridgehead atoms. The molecule has 2 aromatic rings. The van der Waals surface area contributed by atoms with E-state index in [1.54, 1.807) is 18.3 Å². The molecule has 0 saturated heterocycles. The third kappa shape index (κ3) is 4.03. The van der Waals surface area contributed by atoms with Crippen molar-refractivity contribution in [2.24, 2.45) is 4.99 Å². The molecule has 0 amide bonds. The average Bonchev–Trinajstić information content (AvgIpc) is 2.59. The summed E-state index contributed by atoms with van der Waals surface area (Å²) in [6.07, 6.45) is 3.71. The second-order valence-electron chi connectivity index (χ2n) is 8.19. The largest absolute Gasteiger partial charge is 0.366 e. The second-order valence-corrected chi connectivity index (χ2v) is 8.63. The van der Waals surface area contributed by atoms with Crippen LogP contribution in [0.2, 0.25) is 5.02 Å². The Morgan fingerprint density at radius 1 is 1.30 bits per heavy atom. The van der Waals surface area contributed by atoms with E-state index < -0.39 is 0 Å². The molecule has 0 aliphatic carbocycles. The molecule has 3 rings (SSSR count). The van der Waals surface area contributed by atoms with Crippen molar-refractivity contribution in [3.05, 3.63) is 57.9 Å². The van der Waals surface area contributed by atoms with Crippen LogP contribution in [-0.4, -0.2) is 18.3 Å². The predicted molar refractivity (Wildman–Crippen MR) is 115 cm³/mol. The van der Waals surface area contributed by atoms with E-state index in [9.17, 15) is 4.39 Å². The van der Waals surface area contributed by atoms with Crippen LogP contribution in [0.1, 0.15) is 63.1 Å². The van der Waals surface area contributed by atoms with Crippen molar-refractivity contribution in [1.82, 2.24) is 0 Å². The highest BCUT2D eigenvalue weighted by atomic mass is 35.5. The molecular formula is C23H28ClFN2. The number of aliphatic imine (C=N–C) groups is 1. The SMILES string of the molecule is CCCN1c2cc(F)c(C=Nc3cc(Cl)ccc3C)cc2C(C)CC1(C)C. The summed E-state index contributed by atoms with van der Waals surface area (Å²) >= 11 is 6.06. The van der Waals surface area contributed by atoms with Gasteiger partial charge in [0.05, 0.1) is 5.69 Å². The van der Waals surface area contributed by atoms with E-state index in [0.717, 1.165) is 36.3 Å². The Morgan fingerprint density at radius 3 is 2.74 bits per heavy atom. The molecule has 144 valence electrons. The van der Waals surface area contributed by atoms with E-state index in [1.807, 2.05) is 25.1 Å². The molecule has 27 heavy (non-hydrogen) atoms. The van der Waals surface area contributed by atoms with E-state index in [4.69, 9.17) is 11.6 Å². The Bertz CT molecular complexity index is 873. The molecule has 1 aliphatic rings. The van der Waals surface area contributed by atoms with Gasteiger partial charge in [0.1, 0.15) is 5.82 Å². The number of nitrogens with zero attached hydrogens (tertiary/aromatic N) is 2. The van der Waals surface area contributed by atoms with Gasteiger partial charge in [0.25, 0.3) is 0 Å². The fraction of sp³-hybridized carbons (Fsp3) is 0.435. The zero-order chi connectivity index (χ0) is 19.8. The van der Waals surface area contributed by atoms with Crippen LogP contribution in [0.25, 0.3) is 0 Å². The summed E-state index contributed by atoms with van der Waals surface area (Å²) in [6.45, 7) is 11.8. The van der Waals surface area contributed by atoms with Gasteiger partial charge < -0.3 is 4.90 Å². The molecule has 0 N–H and O–H groups in total. The molecule has 1 aliphatic heterocycles. The normalized spacial score (nSPS) is 18.8. The number of benzene rings is 2. The second kappa shape index (κ2) is 7.63. The van der Waals surface area contributed by atoms with Crippen LogP contribution < -0.4 is 4.90 Å². The van der Waals surface area contributed by atoms with Gasteiger partial charge in [0.15, 0.2) is 0 Å². The first-order valence-corrected chi connectivity index (χ1v) is 10.0. The summed E-state index contributed by atoms with van der Waals surface area (Å²) in [5, 5.41) is 0.629. The van der Waals surface area contributed by atoms with Gasteiger partial charge in [-0.25, -0.2) is 4.39 Å². The quantitative estimate of drug-likeness (QED) is 0.514. The van der Waals surface area contributed by atoms with Crippen molar-refractivity contribution in [1.29, 1.82) is 0 Å². The van der Waals surface area contributed by atoms with Gasteiger partial charge in [-0.05, 0) is 74.9 Å². The van der Waals surface area contributed by atoms with Crippen LogP contribution in [0.3, 0.4) is 0 Å². The van der Waals surface area contributed by atoms with Crippen molar-refractivity contribution in [2.75, 3.05) is 11.4 Å². The standard InChI is InChI=1S/C23H28ClFN2/c1-6-9-27-22-12-20(25)17(10-19(22)16(3)13-23(27,4)5)14-26-21-11-18(24)8-7-15(21)2/h7-8,10-12,14,16H,6,9,13H2,1-5H3. The maximum atomic E-state index is 14.9. The molecule has 1 unspecified atom stereocenters. The van der Waals surface area contributed by atoms with Crippen molar-refractivity contribution in [3.8, 4) is 0 Å². The Hall–Kier alpha value is -1.87. The van der Waals surface area contributed by atoms with Crippen molar-refractivity contribution in [3.63, 3.8) is 0 Å². The summed E-state index contributed by atoms with van der Waals surface area (Å²) in [6, 6.07) is 9.22. The Morgan fingerprint density at radius 2 is 2.04 bits per heavy atom. The smallest absolute Gasteiger partial charge is 0.134 e. The number of hydrogen-bond donors (Lipinski definition) is 0. The molecule has 1 atom stereocenters. The van der Waals surface area contributed by atoms with Gasteiger partial charge in [-0.1, -0.05) is 31.5 Å². The molecular weight excluding hydrogens is 359 g/mol. The number of hydrogen-bond acceptors (Lipinski definition) is 2. The molecule has 0 aromatic heterocycles. The van der Waals surface area contributed by atoms with Gasteiger partial charge >= 0.3 is 0 Å². The van der Waals surface area contributed by atoms with Gasteiger partial charge in [-0.15, -0.1) is 0 Å². The molecule has 2 nitrogen and oxygen atoms in total. The van der Waals surface area contributed by atoms with Crippen LogP contribution in [0.4, 0.5) is 15.8 Å². The molecule has 0 spiro atoms. The summed E-state index contributed by atoms with van der Waals surface area (Å²) in [7, 11) is 0. The summed E-state index contributed by atoms with van der Waals surface area (Å²) < 4.78 is 14.9. The Kier molecular flexibility index (Phi) is 5.62. The minimum Gasteiger partial charge on any atom is -0.366 e. The van der Waals surface area contributed by atoms with E-state index in [2.05, 4.69) is 37.6 Å². The lowest BCUT2D eigenvalue weighted by molar-refractivity contribution is 0.375. The molecule has 1 heterocycles. The van der Waals surface area contributed by atoms with Gasteiger partial charge in [0.2, 0.25) is 0 Å². The minimum absolute atomic E-state index is 0.0301. The lowest BCUT2D eigenvalue weighted by Gasteiger charge is -2.47. The minimum atomic E-state index is -0.233. The zero-order valence-electron chi connectivity index (χ0n) is 16.8. The van der Waals surface area contributed by atoms with E-state index in [-0.39, 0.29) is 11.4 Å². The number of rotatable bonds is 4. The van der Waals surface area contributed by atoms with Gasteiger partial charge in [0, 0.05) is 34.6 Å². The number of halogens is 2. The number of anilines is 1. The van der Waals surface area contributed by atoms with E-state index >= 15 is 0 Å². The first-order chi connectivity index (χ1) is 12.7. The van der Waals surface area contributed by atoms with Crippen molar-refractivity contribution in [2.45, 2.75) is 58.9 Å². The maximum absolute atomic E-state index is 14.9. The Balaban J connectivity index is 2.02. The summed E-state index contributed by atoms with van der Waals surface area (Å²) in [5.74, 6) is 0.145. The van der Waals surface area contributed by atoms with E-state index in [0.29, 0.717) is 16.5 Å². The van der Waals surface area contributed by atoms with Crippen LogP contribution in [0, 0.1) is 12.7 Å². The fourth-order valence-electron chi connectivity index (χ4n) is 4.13. The highest BCUT2D eigenvalue weighted by Gasteiger charge is 2.36. The molecule has 0 fully saturated rings. The predicted octanol–water partition coefficient (Wildman–Crippen LogP) is 7.04. The maximum Gasteiger partial charge on any atom is 0.134 e.